The quantitative estimate of drug-likeness (QED) is 0.918. The second-order valence-corrected chi connectivity index (χ2v) is 5.87. The number of nitrogens with one attached hydrogen (secondary N) is 1. The van der Waals surface area contributed by atoms with Crippen molar-refractivity contribution < 1.29 is 0 Å². The van der Waals surface area contributed by atoms with Gasteiger partial charge < -0.3 is 10.2 Å². The minimum atomic E-state index is 0.838. The molecule has 1 aliphatic rings. The van der Waals surface area contributed by atoms with Crippen LogP contribution in [0.15, 0.2) is 36.4 Å². The molecular formula is C18H24N4. The second kappa shape index (κ2) is 7.25. The number of piperidine rings is 1. The van der Waals surface area contributed by atoms with E-state index < -0.39 is 0 Å². The summed E-state index contributed by atoms with van der Waals surface area (Å²) in [6.45, 7) is 5.08. The fourth-order valence-corrected chi connectivity index (χ4v) is 2.91. The zero-order valence-corrected chi connectivity index (χ0v) is 13.3. The molecule has 0 atom stereocenters. The van der Waals surface area contributed by atoms with Crippen LogP contribution in [0.1, 0.15) is 30.7 Å². The Balaban J connectivity index is 1.62. The van der Waals surface area contributed by atoms with Crippen molar-refractivity contribution in [3.8, 4) is 0 Å². The summed E-state index contributed by atoms with van der Waals surface area (Å²) in [5.74, 6) is 2.84. The minimum absolute atomic E-state index is 0.838. The van der Waals surface area contributed by atoms with Gasteiger partial charge in [-0.2, -0.15) is 0 Å². The topological polar surface area (TPSA) is 41.1 Å². The van der Waals surface area contributed by atoms with Crippen molar-refractivity contribution in [2.24, 2.45) is 0 Å². The highest BCUT2D eigenvalue weighted by molar-refractivity contribution is 5.49. The molecule has 1 fully saturated rings. The van der Waals surface area contributed by atoms with Gasteiger partial charge in [0.15, 0.2) is 0 Å². The molecule has 0 bridgehead atoms. The van der Waals surface area contributed by atoms with Crippen LogP contribution in [0.5, 0.6) is 0 Å². The van der Waals surface area contributed by atoms with Gasteiger partial charge in [-0.05, 0) is 38.2 Å². The number of benzene rings is 1. The minimum Gasteiger partial charge on any atom is -0.370 e. The molecule has 0 radical (unpaired) electrons. The van der Waals surface area contributed by atoms with Crippen molar-refractivity contribution in [2.45, 2.75) is 32.6 Å². The summed E-state index contributed by atoms with van der Waals surface area (Å²) in [5, 5.41) is 3.44. The molecule has 1 N–H and O–H groups in total. The Morgan fingerprint density at radius 1 is 1.05 bits per heavy atom. The Kier molecular flexibility index (Phi) is 4.88. The van der Waals surface area contributed by atoms with Crippen LogP contribution in [0, 0.1) is 6.92 Å². The lowest BCUT2D eigenvalue weighted by Gasteiger charge is -2.28. The summed E-state index contributed by atoms with van der Waals surface area (Å²) in [6, 6.07) is 12.6. The number of rotatable bonds is 5. The van der Waals surface area contributed by atoms with Crippen molar-refractivity contribution in [1.82, 2.24) is 9.97 Å². The highest BCUT2D eigenvalue weighted by Gasteiger charge is 2.13. The third kappa shape index (κ3) is 3.97. The lowest BCUT2D eigenvalue weighted by molar-refractivity contribution is 0.572. The van der Waals surface area contributed by atoms with Gasteiger partial charge in [-0.1, -0.05) is 30.3 Å². The third-order valence-electron chi connectivity index (χ3n) is 4.07. The summed E-state index contributed by atoms with van der Waals surface area (Å²) in [5.41, 5.74) is 1.34. The van der Waals surface area contributed by atoms with E-state index in [4.69, 9.17) is 0 Å². The molecular weight excluding hydrogens is 272 g/mol. The second-order valence-electron chi connectivity index (χ2n) is 5.87. The summed E-state index contributed by atoms with van der Waals surface area (Å²) < 4.78 is 0. The van der Waals surface area contributed by atoms with E-state index in [1.165, 1.54) is 24.8 Å². The predicted molar refractivity (Wildman–Crippen MR) is 91.5 cm³/mol. The van der Waals surface area contributed by atoms with Crippen molar-refractivity contribution in [2.75, 3.05) is 29.9 Å². The standard InChI is InChI=1S/C18H24N4/c1-15-20-17(19-11-10-16-8-4-2-5-9-16)14-18(21-15)22-12-6-3-7-13-22/h2,4-5,8-9,14H,3,6-7,10-13H2,1H3,(H,19,20,21). The first-order valence-corrected chi connectivity index (χ1v) is 8.20. The van der Waals surface area contributed by atoms with E-state index in [1.807, 2.05) is 6.92 Å². The molecule has 1 aliphatic heterocycles. The van der Waals surface area contributed by atoms with Crippen LogP contribution in [0.4, 0.5) is 11.6 Å². The zero-order chi connectivity index (χ0) is 15.2. The molecule has 0 spiro atoms. The molecule has 2 heterocycles. The Morgan fingerprint density at radius 2 is 1.82 bits per heavy atom. The molecule has 4 heteroatoms. The number of aryl methyl sites for hydroxylation is 1. The van der Waals surface area contributed by atoms with Crippen molar-refractivity contribution >= 4 is 11.6 Å². The van der Waals surface area contributed by atoms with Crippen LogP contribution in [0.2, 0.25) is 0 Å². The molecule has 0 amide bonds. The molecule has 4 nitrogen and oxygen atoms in total. The predicted octanol–water partition coefficient (Wildman–Crippen LogP) is 3.43. The average Bonchev–Trinajstić information content (AvgIpc) is 2.56. The number of anilines is 2. The van der Waals surface area contributed by atoms with E-state index in [0.29, 0.717) is 0 Å². The molecule has 1 saturated heterocycles. The maximum absolute atomic E-state index is 4.60. The Labute approximate surface area is 132 Å². The lowest BCUT2D eigenvalue weighted by atomic mass is 10.1. The van der Waals surface area contributed by atoms with E-state index in [9.17, 15) is 0 Å². The summed E-state index contributed by atoms with van der Waals surface area (Å²) in [4.78, 5) is 11.5. The van der Waals surface area contributed by atoms with Gasteiger partial charge in [0.05, 0.1) is 0 Å². The Hall–Kier alpha value is -2.10. The van der Waals surface area contributed by atoms with Crippen LogP contribution in [0.3, 0.4) is 0 Å². The first kappa shape index (κ1) is 14.8. The number of hydrogen-bond donors (Lipinski definition) is 1. The fraction of sp³-hybridized carbons (Fsp3) is 0.444. The van der Waals surface area contributed by atoms with Crippen LogP contribution in [-0.4, -0.2) is 29.6 Å². The molecule has 0 unspecified atom stereocenters. The molecule has 0 aliphatic carbocycles. The number of hydrogen-bond acceptors (Lipinski definition) is 4. The van der Waals surface area contributed by atoms with Crippen molar-refractivity contribution in [1.29, 1.82) is 0 Å². The molecule has 0 saturated carbocycles. The maximum Gasteiger partial charge on any atom is 0.134 e. The highest BCUT2D eigenvalue weighted by atomic mass is 15.2. The van der Waals surface area contributed by atoms with Crippen LogP contribution >= 0.6 is 0 Å². The van der Waals surface area contributed by atoms with Gasteiger partial charge >= 0.3 is 0 Å². The van der Waals surface area contributed by atoms with Gasteiger partial charge in [0, 0.05) is 25.7 Å². The van der Waals surface area contributed by atoms with E-state index in [2.05, 4.69) is 56.6 Å². The van der Waals surface area contributed by atoms with Gasteiger partial charge in [0.2, 0.25) is 0 Å². The van der Waals surface area contributed by atoms with Crippen molar-refractivity contribution in [3.63, 3.8) is 0 Å². The first-order chi connectivity index (χ1) is 10.8. The molecule has 1 aromatic carbocycles. The molecule has 116 valence electrons. The highest BCUT2D eigenvalue weighted by Crippen LogP contribution is 2.20. The lowest BCUT2D eigenvalue weighted by Crippen LogP contribution is -2.30. The van der Waals surface area contributed by atoms with E-state index in [1.54, 1.807) is 0 Å². The summed E-state index contributed by atoms with van der Waals surface area (Å²) in [7, 11) is 0. The smallest absolute Gasteiger partial charge is 0.134 e. The average molecular weight is 296 g/mol. The molecule has 2 aromatic rings. The van der Waals surface area contributed by atoms with Gasteiger partial charge in [-0.15, -0.1) is 0 Å². The third-order valence-corrected chi connectivity index (χ3v) is 4.07. The molecule has 1 aromatic heterocycles. The van der Waals surface area contributed by atoms with E-state index >= 15 is 0 Å². The van der Waals surface area contributed by atoms with Crippen molar-refractivity contribution in [3.05, 3.63) is 47.8 Å². The summed E-state index contributed by atoms with van der Waals surface area (Å²) >= 11 is 0. The monoisotopic (exact) mass is 296 g/mol. The van der Waals surface area contributed by atoms with Crippen LogP contribution < -0.4 is 10.2 Å². The SMILES string of the molecule is Cc1nc(NCCc2ccccc2)cc(N2CCCCC2)n1. The number of nitrogens with zero attached hydrogens (tertiary/aromatic N) is 3. The molecule has 3 rings (SSSR count). The van der Waals surface area contributed by atoms with Crippen LogP contribution in [0.25, 0.3) is 0 Å². The number of aromatic nitrogens is 2. The zero-order valence-electron chi connectivity index (χ0n) is 13.3. The molecule has 22 heavy (non-hydrogen) atoms. The van der Waals surface area contributed by atoms with Gasteiger partial charge in [-0.3, -0.25) is 0 Å². The Bertz CT molecular complexity index is 591. The normalized spacial score (nSPS) is 14.9. The van der Waals surface area contributed by atoms with E-state index in [0.717, 1.165) is 43.5 Å². The van der Waals surface area contributed by atoms with Gasteiger partial charge in [-0.25, -0.2) is 9.97 Å². The Morgan fingerprint density at radius 3 is 2.59 bits per heavy atom. The largest absolute Gasteiger partial charge is 0.370 e. The van der Waals surface area contributed by atoms with E-state index in [-0.39, 0.29) is 0 Å². The first-order valence-electron chi connectivity index (χ1n) is 8.20. The van der Waals surface area contributed by atoms with Gasteiger partial charge in [0.25, 0.3) is 0 Å². The summed E-state index contributed by atoms with van der Waals surface area (Å²) in [6.07, 6.45) is 4.87. The van der Waals surface area contributed by atoms with Crippen LogP contribution in [-0.2, 0) is 6.42 Å². The maximum atomic E-state index is 4.60. The fourth-order valence-electron chi connectivity index (χ4n) is 2.91. The van der Waals surface area contributed by atoms with Gasteiger partial charge in [0.1, 0.15) is 17.5 Å².